The summed E-state index contributed by atoms with van der Waals surface area (Å²) in [5.74, 6) is 0. The number of urea groups is 1. The van der Waals surface area contributed by atoms with Crippen LogP contribution >= 0.6 is 15.9 Å². The van der Waals surface area contributed by atoms with Gasteiger partial charge in [-0.25, -0.2) is 4.79 Å². The van der Waals surface area contributed by atoms with Gasteiger partial charge in [0.2, 0.25) is 0 Å². The molecule has 1 aromatic carbocycles. The van der Waals surface area contributed by atoms with Crippen molar-refractivity contribution in [1.29, 1.82) is 0 Å². The lowest BCUT2D eigenvalue weighted by Crippen LogP contribution is -2.30. The van der Waals surface area contributed by atoms with E-state index in [0.29, 0.717) is 19.5 Å². The summed E-state index contributed by atoms with van der Waals surface area (Å²) in [6, 6.07) is 3.94. The van der Waals surface area contributed by atoms with Crippen molar-refractivity contribution in [2.45, 2.75) is 26.1 Å². The predicted molar refractivity (Wildman–Crippen MR) is 87.7 cm³/mol. The molecular formula is C15H16BrF3N4O. The van der Waals surface area contributed by atoms with E-state index in [1.807, 2.05) is 13.1 Å². The van der Waals surface area contributed by atoms with E-state index >= 15 is 0 Å². The van der Waals surface area contributed by atoms with Crippen LogP contribution in [0.5, 0.6) is 0 Å². The van der Waals surface area contributed by atoms with Crippen LogP contribution in [0, 0.1) is 6.92 Å². The topological polar surface area (TPSA) is 59.0 Å². The second-order valence-corrected chi connectivity index (χ2v) is 5.99. The number of aryl methyl sites for hydroxylation is 2. The number of aromatic nitrogens is 2. The highest BCUT2D eigenvalue weighted by atomic mass is 79.9. The molecule has 0 fully saturated rings. The molecule has 0 aliphatic carbocycles. The molecule has 0 aliphatic heterocycles. The summed E-state index contributed by atoms with van der Waals surface area (Å²) >= 11 is 3.36. The highest BCUT2D eigenvalue weighted by Crippen LogP contribution is 2.30. The Morgan fingerprint density at radius 1 is 1.38 bits per heavy atom. The van der Waals surface area contributed by atoms with Crippen molar-refractivity contribution in [1.82, 2.24) is 15.1 Å². The molecule has 0 unspecified atom stereocenters. The predicted octanol–water partition coefficient (Wildman–Crippen LogP) is 4.18. The van der Waals surface area contributed by atoms with Crippen molar-refractivity contribution in [2.24, 2.45) is 0 Å². The zero-order valence-electron chi connectivity index (χ0n) is 12.8. The van der Waals surface area contributed by atoms with Crippen molar-refractivity contribution in [3.63, 3.8) is 0 Å². The zero-order chi connectivity index (χ0) is 17.7. The van der Waals surface area contributed by atoms with E-state index in [1.54, 1.807) is 4.68 Å². The van der Waals surface area contributed by atoms with Crippen LogP contribution in [0.4, 0.5) is 23.7 Å². The fourth-order valence-corrected chi connectivity index (χ4v) is 2.32. The van der Waals surface area contributed by atoms with Crippen molar-refractivity contribution < 1.29 is 18.0 Å². The van der Waals surface area contributed by atoms with Gasteiger partial charge < -0.3 is 10.6 Å². The third kappa shape index (κ3) is 5.26. The quantitative estimate of drug-likeness (QED) is 0.734. The Kier molecular flexibility index (Phi) is 5.87. The summed E-state index contributed by atoms with van der Waals surface area (Å²) in [6.45, 7) is 2.87. The van der Waals surface area contributed by atoms with Gasteiger partial charge in [-0.15, -0.1) is 0 Å². The highest BCUT2D eigenvalue weighted by molar-refractivity contribution is 9.10. The van der Waals surface area contributed by atoms with E-state index in [1.165, 1.54) is 12.1 Å². The second-order valence-electron chi connectivity index (χ2n) is 5.14. The van der Waals surface area contributed by atoms with Crippen LogP contribution in [0.1, 0.15) is 17.7 Å². The van der Waals surface area contributed by atoms with Crippen molar-refractivity contribution >= 4 is 27.6 Å². The maximum Gasteiger partial charge on any atom is 0.416 e. The molecular weight excluding hydrogens is 389 g/mol. The second kappa shape index (κ2) is 7.69. The van der Waals surface area contributed by atoms with Crippen LogP contribution in [-0.4, -0.2) is 22.4 Å². The Labute approximate surface area is 145 Å². The van der Waals surface area contributed by atoms with E-state index in [2.05, 4.69) is 31.7 Å². The summed E-state index contributed by atoms with van der Waals surface area (Å²) in [7, 11) is 0. The molecule has 24 heavy (non-hydrogen) atoms. The van der Waals surface area contributed by atoms with E-state index in [0.717, 1.165) is 22.3 Å². The van der Waals surface area contributed by atoms with Gasteiger partial charge in [0.25, 0.3) is 0 Å². The lowest BCUT2D eigenvalue weighted by Gasteiger charge is -2.10. The molecule has 2 aromatic rings. The molecule has 0 spiro atoms. The smallest absolute Gasteiger partial charge is 0.338 e. The molecule has 0 bridgehead atoms. The van der Waals surface area contributed by atoms with Gasteiger partial charge in [-0.05, 0) is 47.5 Å². The molecule has 0 radical (unpaired) electrons. The van der Waals surface area contributed by atoms with Gasteiger partial charge in [0.05, 0.1) is 15.7 Å². The molecule has 5 nitrogen and oxygen atoms in total. The first-order chi connectivity index (χ1) is 11.3. The number of halogens is 4. The maximum absolute atomic E-state index is 12.6. The molecule has 1 heterocycles. The third-order valence-electron chi connectivity index (χ3n) is 3.18. The molecule has 0 atom stereocenters. The monoisotopic (exact) mass is 404 g/mol. The molecule has 9 heteroatoms. The van der Waals surface area contributed by atoms with Gasteiger partial charge >= 0.3 is 12.2 Å². The van der Waals surface area contributed by atoms with Crippen molar-refractivity contribution in [2.75, 3.05) is 11.9 Å². The summed E-state index contributed by atoms with van der Waals surface area (Å²) in [5.41, 5.74) is 0.166. The maximum atomic E-state index is 12.6. The van der Waals surface area contributed by atoms with Gasteiger partial charge in [0.15, 0.2) is 0 Å². The van der Waals surface area contributed by atoms with Crippen LogP contribution in [0.3, 0.4) is 0 Å². The number of carbonyl (C=O) groups is 1. The fourth-order valence-electron chi connectivity index (χ4n) is 2.00. The molecule has 0 saturated carbocycles. The number of nitrogens with one attached hydrogen (secondary N) is 2. The number of alkyl halides is 3. The van der Waals surface area contributed by atoms with Gasteiger partial charge in [-0.2, -0.15) is 18.3 Å². The number of hydrogen-bond donors (Lipinski definition) is 2. The standard InChI is InChI=1S/C15H16BrF3N4O/c1-10-13(16)9-23(22-10)7-3-6-20-14(24)21-12-5-2-4-11(8-12)15(17,18)19/h2,4-5,8-9H,3,6-7H2,1H3,(H2,20,21,24). The van der Waals surface area contributed by atoms with Gasteiger partial charge in [0, 0.05) is 25.0 Å². The fraction of sp³-hybridized carbons (Fsp3) is 0.333. The molecule has 0 aliphatic rings. The summed E-state index contributed by atoms with van der Waals surface area (Å²) in [6.07, 6.45) is -1.95. The van der Waals surface area contributed by atoms with Gasteiger partial charge in [-0.1, -0.05) is 6.07 Å². The Balaban J connectivity index is 1.77. The first kappa shape index (κ1) is 18.3. The minimum Gasteiger partial charge on any atom is -0.338 e. The van der Waals surface area contributed by atoms with E-state index in [9.17, 15) is 18.0 Å². The van der Waals surface area contributed by atoms with Crippen molar-refractivity contribution in [3.05, 3.63) is 46.2 Å². The lowest BCUT2D eigenvalue weighted by atomic mass is 10.2. The SMILES string of the molecule is Cc1nn(CCCNC(=O)Nc2cccc(C(F)(F)F)c2)cc1Br. The third-order valence-corrected chi connectivity index (χ3v) is 3.96. The minimum atomic E-state index is -4.44. The Bertz CT molecular complexity index is 695. The summed E-state index contributed by atoms with van der Waals surface area (Å²) < 4.78 is 40.5. The molecule has 1 aromatic heterocycles. The first-order valence-corrected chi connectivity index (χ1v) is 7.96. The van der Waals surface area contributed by atoms with Crippen LogP contribution in [0.25, 0.3) is 0 Å². The number of carbonyl (C=O) groups excluding carboxylic acids is 1. The molecule has 2 N–H and O–H groups in total. The number of rotatable bonds is 5. The zero-order valence-corrected chi connectivity index (χ0v) is 14.4. The Morgan fingerprint density at radius 2 is 2.12 bits per heavy atom. The van der Waals surface area contributed by atoms with E-state index in [-0.39, 0.29) is 5.69 Å². The largest absolute Gasteiger partial charge is 0.416 e. The lowest BCUT2D eigenvalue weighted by molar-refractivity contribution is -0.137. The normalized spacial score (nSPS) is 11.4. The van der Waals surface area contributed by atoms with Crippen LogP contribution in [-0.2, 0) is 12.7 Å². The van der Waals surface area contributed by atoms with E-state index in [4.69, 9.17) is 0 Å². The summed E-state index contributed by atoms with van der Waals surface area (Å²) in [5, 5.41) is 9.25. The molecule has 2 rings (SSSR count). The number of benzene rings is 1. The van der Waals surface area contributed by atoms with Crippen LogP contribution < -0.4 is 10.6 Å². The Hall–Kier alpha value is -2.03. The Morgan fingerprint density at radius 3 is 2.75 bits per heavy atom. The van der Waals surface area contributed by atoms with Crippen LogP contribution in [0.15, 0.2) is 34.9 Å². The highest BCUT2D eigenvalue weighted by Gasteiger charge is 2.30. The molecule has 0 saturated heterocycles. The molecule has 130 valence electrons. The summed E-state index contributed by atoms with van der Waals surface area (Å²) in [4.78, 5) is 11.7. The number of amides is 2. The van der Waals surface area contributed by atoms with Crippen LogP contribution in [0.2, 0.25) is 0 Å². The average molecular weight is 405 g/mol. The first-order valence-electron chi connectivity index (χ1n) is 7.17. The average Bonchev–Trinajstić information content (AvgIpc) is 2.82. The van der Waals surface area contributed by atoms with Gasteiger partial charge in [-0.3, -0.25) is 4.68 Å². The number of hydrogen-bond acceptors (Lipinski definition) is 2. The number of nitrogens with zero attached hydrogens (tertiary/aromatic N) is 2. The van der Waals surface area contributed by atoms with Gasteiger partial charge in [0.1, 0.15) is 0 Å². The number of anilines is 1. The van der Waals surface area contributed by atoms with E-state index < -0.39 is 17.8 Å². The molecule has 2 amide bonds. The minimum absolute atomic E-state index is 0.0916. The van der Waals surface area contributed by atoms with Crippen molar-refractivity contribution in [3.8, 4) is 0 Å².